The van der Waals surface area contributed by atoms with E-state index in [9.17, 15) is 14.0 Å². The minimum Gasteiger partial charge on any atom is -0.482 e. The molecule has 0 bridgehead atoms. The van der Waals surface area contributed by atoms with E-state index in [4.69, 9.17) is 9.47 Å². The predicted molar refractivity (Wildman–Crippen MR) is 124 cm³/mol. The summed E-state index contributed by atoms with van der Waals surface area (Å²) >= 11 is 0. The second-order valence-electron chi connectivity index (χ2n) is 8.71. The van der Waals surface area contributed by atoms with Gasteiger partial charge < -0.3 is 20.1 Å². The molecule has 174 valence electrons. The van der Waals surface area contributed by atoms with Crippen LogP contribution in [0.15, 0.2) is 48.7 Å². The number of pyridine rings is 1. The molecule has 1 aromatic heterocycles. The van der Waals surface area contributed by atoms with Gasteiger partial charge >= 0.3 is 6.09 Å². The number of amides is 2. The Bertz CT molecular complexity index is 1300. The number of hydrogen-bond acceptors (Lipinski definition) is 7. The number of nitrogens with one attached hydrogen (secondary N) is 2. The molecule has 3 aliphatic rings. The van der Waals surface area contributed by atoms with E-state index in [-0.39, 0.29) is 30.5 Å². The first kappa shape index (κ1) is 20.7. The van der Waals surface area contributed by atoms with Crippen molar-refractivity contribution in [1.29, 1.82) is 0 Å². The van der Waals surface area contributed by atoms with E-state index in [1.807, 2.05) is 6.07 Å². The van der Waals surface area contributed by atoms with Crippen molar-refractivity contribution in [3.8, 4) is 5.75 Å². The maximum Gasteiger partial charge on any atom is 0.414 e. The van der Waals surface area contributed by atoms with Gasteiger partial charge in [0.25, 0.3) is 5.91 Å². The largest absolute Gasteiger partial charge is 0.482 e. The van der Waals surface area contributed by atoms with Crippen molar-refractivity contribution in [2.75, 3.05) is 48.3 Å². The van der Waals surface area contributed by atoms with Crippen molar-refractivity contribution >= 4 is 40.0 Å². The highest BCUT2D eigenvalue weighted by Crippen LogP contribution is 2.34. The molecule has 2 N–H and O–H groups in total. The third-order valence-electron chi connectivity index (χ3n) is 6.26. The summed E-state index contributed by atoms with van der Waals surface area (Å²) in [5.74, 6) is 0.0638. The van der Waals surface area contributed by atoms with Crippen molar-refractivity contribution in [2.45, 2.75) is 12.1 Å². The normalized spacial score (nSPS) is 20.4. The minimum absolute atomic E-state index is 0.0138. The number of carbonyl (C=O) groups excluding carboxylic acids is 2. The number of anilines is 3. The van der Waals surface area contributed by atoms with Crippen molar-refractivity contribution in [3.63, 3.8) is 0 Å². The van der Waals surface area contributed by atoms with Gasteiger partial charge in [0, 0.05) is 42.6 Å². The van der Waals surface area contributed by atoms with E-state index in [1.54, 1.807) is 35.4 Å². The van der Waals surface area contributed by atoms with Crippen LogP contribution in [0, 0.1) is 5.82 Å². The standard InChI is InChI=1S/C24H22FN5O4/c25-14-1-3-19-18(7-14)20(5-6-26-19)27-15-9-29(10-15)11-17-12-30(24(32)34-17)16-2-4-22-21(8-16)28-23(31)13-33-22/h1-8,15,17H,9-13H2,(H,26,27)(H,28,31)/t17-/m1/s1. The molecule has 0 radical (unpaired) electrons. The summed E-state index contributed by atoms with van der Waals surface area (Å²) in [6.45, 7) is 2.61. The van der Waals surface area contributed by atoms with Gasteiger partial charge in [-0.25, -0.2) is 9.18 Å². The molecule has 0 saturated carbocycles. The number of aromatic nitrogens is 1. The average Bonchev–Trinajstić information content (AvgIpc) is 3.17. The number of carbonyl (C=O) groups is 2. The van der Waals surface area contributed by atoms with Gasteiger partial charge in [-0.15, -0.1) is 0 Å². The van der Waals surface area contributed by atoms with E-state index in [1.165, 1.54) is 12.1 Å². The molecular formula is C24H22FN5O4. The molecule has 2 saturated heterocycles. The molecule has 1 atom stereocenters. The summed E-state index contributed by atoms with van der Waals surface area (Å²) in [6, 6.07) is 11.9. The Kier molecular flexibility index (Phi) is 4.95. The first-order valence-corrected chi connectivity index (χ1v) is 11.1. The third-order valence-corrected chi connectivity index (χ3v) is 6.26. The van der Waals surface area contributed by atoms with Crippen LogP contribution in [-0.4, -0.2) is 66.8 Å². The van der Waals surface area contributed by atoms with Crippen LogP contribution in [0.4, 0.5) is 26.2 Å². The highest BCUT2D eigenvalue weighted by Gasteiger charge is 2.37. The number of likely N-dealkylation sites (tertiary alicyclic amines) is 1. The van der Waals surface area contributed by atoms with Gasteiger partial charge in [-0.3, -0.25) is 19.6 Å². The number of fused-ring (bicyclic) bond motifs is 2. The van der Waals surface area contributed by atoms with Crippen molar-refractivity contribution < 1.29 is 23.5 Å². The molecule has 34 heavy (non-hydrogen) atoms. The Labute approximate surface area is 194 Å². The fourth-order valence-electron chi connectivity index (χ4n) is 4.63. The van der Waals surface area contributed by atoms with Crippen LogP contribution in [-0.2, 0) is 9.53 Å². The highest BCUT2D eigenvalue weighted by atomic mass is 19.1. The quantitative estimate of drug-likeness (QED) is 0.601. The zero-order valence-corrected chi connectivity index (χ0v) is 18.2. The Balaban J connectivity index is 1.05. The summed E-state index contributed by atoms with van der Waals surface area (Å²) in [4.78, 5) is 32.1. The lowest BCUT2D eigenvalue weighted by molar-refractivity contribution is -0.118. The third kappa shape index (κ3) is 3.86. The van der Waals surface area contributed by atoms with Gasteiger partial charge in [0.15, 0.2) is 6.61 Å². The maximum absolute atomic E-state index is 13.7. The molecule has 2 amide bonds. The van der Waals surface area contributed by atoms with Crippen molar-refractivity contribution in [2.24, 2.45) is 0 Å². The summed E-state index contributed by atoms with van der Waals surface area (Å²) in [6.07, 6.45) is 1.05. The fraction of sp³-hybridized carbons (Fsp3) is 0.292. The minimum atomic E-state index is -0.409. The van der Waals surface area contributed by atoms with Crippen LogP contribution in [0.25, 0.3) is 10.9 Å². The number of benzene rings is 2. The molecule has 2 fully saturated rings. The highest BCUT2D eigenvalue weighted by molar-refractivity contribution is 5.97. The molecule has 3 aromatic rings. The van der Waals surface area contributed by atoms with Gasteiger partial charge in [0.2, 0.25) is 0 Å². The Morgan fingerprint density at radius 3 is 2.88 bits per heavy atom. The summed E-state index contributed by atoms with van der Waals surface area (Å²) in [7, 11) is 0. The van der Waals surface area contributed by atoms with Crippen molar-refractivity contribution in [3.05, 3.63) is 54.5 Å². The summed E-state index contributed by atoms with van der Waals surface area (Å²) in [5.41, 5.74) is 2.80. The first-order chi connectivity index (χ1) is 16.5. The molecule has 2 aromatic carbocycles. The fourth-order valence-corrected chi connectivity index (χ4v) is 4.63. The number of hydrogen-bond donors (Lipinski definition) is 2. The number of ether oxygens (including phenoxy) is 2. The van der Waals surface area contributed by atoms with E-state index in [2.05, 4.69) is 20.5 Å². The van der Waals surface area contributed by atoms with Crippen LogP contribution in [0.2, 0.25) is 0 Å². The molecular weight excluding hydrogens is 441 g/mol. The number of halogens is 1. The molecule has 0 unspecified atom stereocenters. The maximum atomic E-state index is 13.7. The second kappa shape index (κ2) is 8.14. The van der Waals surface area contributed by atoms with Crippen LogP contribution < -0.4 is 20.3 Å². The van der Waals surface area contributed by atoms with Crippen LogP contribution >= 0.6 is 0 Å². The van der Waals surface area contributed by atoms with E-state index in [0.717, 1.165) is 29.7 Å². The average molecular weight is 463 g/mol. The Hall–Kier alpha value is -3.92. The van der Waals surface area contributed by atoms with Crippen molar-refractivity contribution in [1.82, 2.24) is 9.88 Å². The zero-order valence-electron chi connectivity index (χ0n) is 18.2. The second-order valence-corrected chi connectivity index (χ2v) is 8.71. The molecule has 4 heterocycles. The van der Waals surface area contributed by atoms with Gasteiger partial charge in [0.1, 0.15) is 17.7 Å². The molecule has 0 spiro atoms. The lowest BCUT2D eigenvalue weighted by Crippen LogP contribution is -2.56. The van der Waals surface area contributed by atoms with Crippen LogP contribution in [0.3, 0.4) is 0 Å². The van der Waals surface area contributed by atoms with Crippen LogP contribution in [0.5, 0.6) is 5.75 Å². The summed E-state index contributed by atoms with van der Waals surface area (Å²) in [5, 5.41) is 6.98. The lowest BCUT2D eigenvalue weighted by atomic mass is 10.1. The van der Waals surface area contributed by atoms with Crippen LogP contribution in [0.1, 0.15) is 0 Å². The van der Waals surface area contributed by atoms with E-state index < -0.39 is 6.09 Å². The Morgan fingerprint density at radius 2 is 2.00 bits per heavy atom. The monoisotopic (exact) mass is 463 g/mol. The smallest absolute Gasteiger partial charge is 0.414 e. The number of rotatable bonds is 5. The summed E-state index contributed by atoms with van der Waals surface area (Å²) < 4.78 is 24.6. The number of cyclic esters (lactones) is 1. The van der Waals surface area contributed by atoms with Gasteiger partial charge in [-0.1, -0.05) is 0 Å². The first-order valence-electron chi connectivity index (χ1n) is 11.1. The molecule has 9 nitrogen and oxygen atoms in total. The zero-order chi connectivity index (χ0) is 23.2. The SMILES string of the molecule is O=C1COc2ccc(N3C[C@@H](CN4CC(Nc5ccnc6ccc(F)cc56)C4)OC3=O)cc2N1. The molecule has 6 rings (SSSR count). The van der Waals surface area contributed by atoms with Gasteiger partial charge in [-0.05, 0) is 42.5 Å². The lowest BCUT2D eigenvalue weighted by Gasteiger charge is -2.41. The molecule has 10 heteroatoms. The Morgan fingerprint density at radius 1 is 1.12 bits per heavy atom. The molecule has 0 aliphatic carbocycles. The van der Waals surface area contributed by atoms with Gasteiger partial charge in [-0.2, -0.15) is 0 Å². The van der Waals surface area contributed by atoms with Gasteiger partial charge in [0.05, 0.1) is 23.8 Å². The topological polar surface area (TPSA) is 96.0 Å². The van der Waals surface area contributed by atoms with E-state index in [0.29, 0.717) is 30.2 Å². The van der Waals surface area contributed by atoms with E-state index >= 15 is 0 Å². The predicted octanol–water partition coefficient (Wildman–Crippen LogP) is 2.83. The molecule has 3 aliphatic heterocycles. The number of nitrogens with zero attached hydrogens (tertiary/aromatic N) is 3.